The molecule has 2 amide bonds. The number of amides is 2. The molecular formula is C18H28N2O4. The second-order valence-electron chi connectivity index (χ2n) is 5.79. The first-order valence-corrected chi connectivity index (χ1v) is 8.98. The van der Waals surface area contributed by atoms with E-state index in [-0.39, 0.29) is 13.2 Å². The number of carbonyl (C=O) groups excluding carboxylic acids is 2. The third-order valence-corrected chi connectivity index (χ3v) is 4.43. The second kappa shape index (κ2) is 8.22. The molecule has 24 heavy (non-hydrogen) atoms. The molecule has 0 aromatic carbocycles. The van der Waals surface area contributed by atoms with Gasteiger partial charge in [0, 0.05) is 0 Å². The Morgan fingerprint density at radius 1 is 0.792 bits per heavy atom. The summed E-state index contributed by atoms with van der Waals surface area (Å²) in [5.74, 6) is 0. The highest BCUT2D eigenvalue weighted by atomic mass is 16.6. The molecule has 1 saturated carbocycles. The smallest absolute Gasteiger partial charge is 0.433 e. The Kier molecular flexibility index (Phi) is 6.29. The monoisotopic (exact) mass is 336 g/mol. The summed E-state index contributed by atoms with van der Waals surface area (Å²) in [5, 5.41) is 2.79. The Bertz CT molecular complexity index is 515. The van der Waals surface area contributed by atoms with Crippen LogP contribution in [0.5, 0.6) is 0 Å². The van der Waals surface area contributed by atoms with Crippen LogP contribution in [0.15, 0.2) is 22.5 Å². The molecule has 1 fully saturated rings. The van der Waals surface area contributed by atoms with Crippen LogP contribution in [0, 0.1) is 0 Å². The van der Waals surface area contributed by atoms with Crippen molar-refractivity contribution in [3.63, 3.8) is 0 Å². The van der Waals surface area contributed by atoms with Crippen LogP contribution >= 0.6 is 0 Å². The first-order valence-electron chi connectivity index (χ1n) is 8.98. The van der Waals surface area contributed by atoms with E-state index in [1.807, 2.05) is 13.8 Å². The fraction of sp³-hybridized carbons (Fsp3) is 0.667. The fourth-order valence-corrected chi connectivity index (χ4v) is 3.52. The number of hydrogen-bond acceptors (Lipinski definition) is 4. The number of ether oxygens (including phenoxy) is 2. The maximum atomic E-state index is 12.6. The Morgan fingerprint density at radius 3 is 1.46 bits per heavy atom. The molecule has 2 rings (SSSR count). The normalized spacial score (nSPS) is 17.8. The summed E-state index contributed by atoms with van der Waals surface area (Å²) in [5.41, 5.74) is 4.12. The number of rotatable bonds is 4. The third kappa shape index (κ3) is 3.28. The van der Waals surface area contributed by atoms with Crippen molar-refractivity contribution in [2.45, 2.75) is 66.2 Å². The molecule has 0 aromatic heterocycles. The average Bonchev–Trinajstić information content (AvgIpc) is 2.59. The lowest BCUT2D eigenvalue weighted by Gasteiger charge is -2.42. The lowest BCUT2D eigenvalue weighted by Crippen LogP contribution is -2.51. The van der Waals surface area contributed by atoms with Crippen LogP contribution in [0.25, 0.3) is 0 Å². The van der Waals surface area contributed by atoms with Crippen LogP contribution in [0.2, 0.25) is 0 Å². The molecule has 0 bridgehead atoms. The van der Waals surface area contributed by atoms with Gasteiger partial charge in [0.1, 0.15) is 0 Å². The molecule has 0 saturated heterocycles. The van der Waals surface area contributed by atoms with E-state index in [1.165, 1.54) is 21.2 Å². The van der Waals surface area contributed by atoms with Crippen molar-refractivity contribution in [2.24, 2.45) is 0 Å². The maximum absolute atomic E-state index is 12.6. The first kappa shape index (κ1) is 18.4. The van der Waals surface area contributed by atoms with E-state index in [0.717, 1.165) is 37.1 Å². The highest BCUT2D eigenvalue weighted by Crippen LogP contribution is 2.42. The highest BCUT2D eigenvalue weighted by molar-refractivity contribution is 5.79. The second-order valence-corrected chi connectivity index (χ2v) is 5.79. The molecule has 0 unspecified atom stereocenters. The van der Waals surface area contributed by atoms with Crippen molar-refractivity contribution in [2.75, 3.05) is 13.2 Å². The van der Waals surface area contributed by atoms with E-state index in [2.05, 4.69) is 0 Å². The summed E-state index contributed by atoms with van der Waals surface area (Å²) in [6, 6.07) is 0. The van der Waals surface area contributed by atoms with E-state index in [9.17, 15) is 9.59 Å². The van der Waals surface area contributed by atoms with Crippen LogP contribution in [-0.2, 0) is 9.47 Å². The number of nitrogens with zero attached hydrogens (tertiary/aromatic N) is 2. The number of allylic oxidation sites excluding steroid dienone is 4. The van der Waals surface area contributed by atoms with Crippen LogP contribution < -0.4 is 0 Å². The summed E-state index contributed by atoms with van der Waals surface area (Å²) < 4.78 is 10.5. The van der Waals surface area contributed by atoms with Gasteiger partial charge in [0.2, 0.25) is 0 Å². The predicted molar refractivity (Wildman–Crippen MR) is 90.8 cm³/mol. The van der Waals surface area contributed by atoms with Crippen molar-refractivity contribution in [3.8, 4) is 0 Å². The number of hydrazine groups is 1. The molecule has 1 heterocycles. The lowest BCUT2D eigenvalue weighted by atomic mass is 9.84. The molecule has 6 heteroatoms. The van der Waals surface area contributed by atoms with Crippen molar-refractivity contribution in [1.82, 2.24) is 10.0 Å². The quantitative estimate of drug-likeness (QED) is 0.744. The van der Waals surface area contributed by atoms with Gasteiger partial charge in [0.15, 0.2) is 0 Å². The van der Waals surface area contributed by atoms with Crippen molar-refractivity contribution < 1.29 is 19.1 Å². The lowest BCUT2D eigenvalue weighted by molar-refractivity contribution is 0.0105. The van der Waals surface area contributed by atoms with E-state index in [4.69, 9.17) is 9.47 Å². The number of carbonyl (C=O) groups is 2. The molecule has 0 radical (unpaired) electrons. The van der Waals surface area contributed by atoms with Crippen LogP contribution in [0.1, 0.15) is 66.2 Å². The zero-order valence-electron chi connectivity index (χ0n) is 15.2. The fourth-order valence-electron chi connectivity index (χ4n) is 3.52. The minimum absolute atomic E-state index is 0.260. The zero-order valence-corrected chi connectivity index (χ0v) is 15.2. The van der Waals surface area contributed by atoms with Gasteiger partial charge in [-0.3, -0.25) is 0 Å². The SMILES string of the molecule is CCOC(=O)N1C(CC)=C2CCCCC2=C(CC)N1C(=O)OCC. The number of hydrogen-bond donors (Lipinski definition) is 0. The van der Waals surface area contributed by atoms with Gasteiger partial charge >= 0.3 is 12.2 Å². The van der Waals surface area contributed by atoms with Gasteiger partial charge in [-0.15, -0.1) is 0 Å². The topological polar surface area (TPSA) is 59.1 Å². The van der Waals surface area contributed by atoms with Gasteiger partial charge in [0.05, 0.1) is 24.6 Å². The Morgan fingerprint density at radius 2 is 1.17 bits per heavy atom. The van der Waals surface area contributed by atoms with Crippen LogP contribution in [-0.4, -0.2) is 35.4 Å². The predicted octanol–water partition coefficient (Wildman–Crippen LogP) is 4.73. The summed E-state index contributed by atoms with van der Waals surface area (Å²) in [4.78, 5) is 25.2. The van der Waals surface area contributed by atoms with Crippen molar-refractivity contribution >= 4 is 12.2 Å². The van der Waals surface area contributed by atoms with Crippen molar-refractivity contribution in [3.05, 3.63) is 22.5 Å². The van der Waals surface area contributed by atoms with E-state index < -0.39 is 12.2 Å². The number of fused-ring (bicyclic) bond motifs is 1. The Hall–Kier alpha value is -1.98. The van der Waals surface area contributed by atoms with E-state index in [0.29, 0.717) is 12.8 Å². The minimum atomic E-state index is -0.523. The standard InChI is InChI=1S/C18H28N2O4/c1-5-15-13-11-9-10-12-14(13)16(6-2)20(18(22)24-8-4)19(15)17(21)23-7-3/h5-12H2,1-4H3. The molecule has 6 nitrogen and oxygen atoms in total. The van der Waals surface area contributed by atoms with E-state index in [1.54, 1.807) is 13.8 Å². The molecule has 0 spiro atoms. The molecule has 0 N–H and O–H groups in total. The summed E-state index contributed by atoms with van der Waals surface area (Å²) >= 11 is 0. The van der Waals surface area contributed by atoms with Gasteiger partial charge in [-0.25, -0.2) is 9.59 Å². The molecule has 0 aromatic rings. The first-order chi connectivity index (χ1) is 11.6. The summed E-state index contributed by atoms with van der Waals surface area (Å²) in [7, 11) is 0. The average molecular weight is 336 g/mol. The molecular weight excluding hydrogens is 308 g/mol. The maximum Gasteiger partial charge on any atom is 0.433 e. The van der Waals surface area contributed by atoms with Gasteiger partial charge in [-0.1, -0.05) is 13.8 Å². The largest absolute Gasteiger partial charge is 0.448 e. The highest BCUT2D eigenvalue weighted by Gasteiger charge is 2.40. The van der Waals surface area contributed by atoms with Gasteiger partial charge < -0.3 is 9.47 Å². The molecule has 1 aliphatic carbocycles. The minimum Gasteiger partial charge on any atom is -0.448 e. The molecule has 2 aliphatic rings. The van der Waals surface area contributed by atoms with Gasteiger partial charge in [0.25, 0.3) is 0 Å². The Balaban J connectivity index is 2.58. The molecule has 134 valence electrons. The van der Waals surface area contributed by atoms with Crippen LogP contribution in [0.3, 0.4) is 0 Å². The molecule has 1 aliphatic heterocycles. The van der Waals surface area contributed by atoms with Crippen molar-refractivity contribution in [1.29, 1.82) is 0 Å². The summed E-state index contributed by atoms with van der Waals surface area (Å²) in [6.07, 6.45) is 4.36. The molecule has 0 atom stereocenters. The van der Waals surface area contributed by atoms with Gasteiger partial charge in [-0.05, 0) is 63.5 Å². The van der Waals surface area contributed by atoms with Gasteiger partial charge in [-0.2, -0.15) is 10.0 Å². The third-order valence-electron chi connectivity index (χ3n) is 4.43. The zero-order chi connectivity index (χ0) is 17.7. The van der Waals surface area contributed by atoms with E-state index >= 15 is 0 Å². The van der Waals surface area contributed by atoms with Crippen LogP contribution in [0.4, 0.5) is 9.59 Å². The summed E-state index contributed by atoms with van der Waals surface area (Å²) in [6.45, 7) is 8.05. The Labute approximate surface area is 144 Å².